The molecular weight excluding hydrogens is 150 g/mol. The van der Waals surface area contributed by atoms with Gasteiger partial charge in [0, 0.05) is 13.1 Å². The van der Waals surface area contributed by atoms with Crippen LogP contribution in [0.25, 0.3) is 0 Å². The molecule has 0 spiro atoms. The van der Waals surface area contributed by atoms with Crippen LogP contribution < -0.4 is 0 Å². The number of likely N-dealkylation sites (tertiary alicyclic amines) is 1. The van der Waals surface area contributed by atoms with Crippen LogP contribution in [0.15, 0.2) is 24.3 Å². The minimum Gasteiger partial charge on any atom is -0.450 e. The Hall–Kier alpha value is -0.920. The molecular formula is C10H15NO. The molecule has 12 heavy (non-hydrogen) atoms. The topological polar surface area (TPSA) is 12.5 Å². The molecule has 0 aromatic carbocycles. The van der Waals surface area contributed by atoms with Crippen molar-refractivity contribution in [2.75, 3.05) is 13.1 Å². The molecule has 0 N–H and O–H groups in total. The van der Waals surface area contributed by atoms with Gasteiger partial charge in [-0.1, -0.05) is 0 Å². The van der Waals surface area contributed by atoms with E-state index < -0.39 is 0 Å². The van der Waals surface area contributed by atoms with Crippen LogP contribution in [0.4, 0.5) is 0 Å². The Balaban J connectivity index is 1.93. The first kappa shape index (κ1) is 7.71. The predicted molar refractivity (Wildman–Crippen MR) is 48.3 cm³/mol. The zero-order valence-electron chi connectivity index (χ0n) is 7.33. The Morgan fingerprint density at radius 1 is 1.17 bits per heavy atom. The highest BCUT2D eigenvalue weighted by Gasteiger charge is 2.14. The van der Waals surface area contributed by atoms with Crippen LogP contribution in [0, 0.1) is 0 Å². The van der Waals surface area contributed by atoms with E-state index in [0.29, 0.717) is 0 Å². The Morgan fingerprint density at radius 3 is 2.67 bits per heavy atom. The van der Waals surface area contributed by atoms with Gasteiger partial charge in [-0.3, -0.25) is 0 Å². The lowest BCUT2D eigenvalue weighted by Crippen LogP contribution is -2.30. The van der Waals surface area contributed by atoms with Crippen molar-refractivity contribution in [3.05, 3.63) is 24.3 Å². The summed E-state index contributed by atoms with van der Waals surface area (Å²) in [6, 6.07) is 0. The van der Waals surface area contributed by atoms with Gasteiger partial charge in [-0.15, -0.1) is 0 Å². The fraction of sp³-hybridized carbons (Fsp3) is 0.600. The highest BCUT2D eigenvalue weighted by molar-refractivity contribution is 5.03. The molecule has 0 radical (unpaired) electrons. The van der Waals surface area contributed by atoms with E-state index in [1.54, 1.807) is 6.26 Å². The lowest BCUT2D eigenvalue weighted by Gasteiger charge is -2.30. The normalized spacial score (nSPS) is 23.3. The van der Waals surface area contributed by atoms with E-state index in [-0.39, 0.29) is 0 Å². The number of nitrogens with zero attached hydrogens (tertiary/aromatic N) is 1. The molecule has 0 unspecified atom stereocenters. The fourth-order valence-corrected chi connectivity index (χ4v) is 1.71. The van der Waals surface area contributed by atoms with Gasteiger partial charge in [0.1, 0.15) is 0 Å². The van der Waals surface area contributed by atoms with E-state index in [0.717, 1.165) is 12.3 Å². The Labute approximate surface area is 73.5 Å². The van der Waals surface area contributed by atoms with Crippen molar-refractivity contribution in [2.45, 2.75) is 25.7 Å². The van der Waals surface area contributed by atoms with Crippen LogP contribution in [0.3, 0.4) is 0 Å². The van der Waals surface area contributed by atoms with Gasteiger partial charge in [0.15, 0.2) is 5.88 Å². The summed E-state index contributed by atoms with van der Waals surface area (Å²) in [5.41, 5.74) is 0. The molecule has 2 nitrogen and oxygen atoms in total. The molecule has 0 aromatic heterocycles. The fourth-order valence-electron chi connectivity index (χ4n) is 1.71. The summed E-state index contributed by atoms with van der Waals surface area (Å²) < 4.78 is 5.42. The van der Waals surface area contributed by atoms with Crippen LogP contribution in [0.2, 0.25) is 0 Å². The van der Waals surface area contributed by atoms with Crippen molar-refractivity contribution in [3.8, 4) is 0 Å². The average molecular weight is 165 g/mol. The minimum atomic E-state index is 1.02. The molecule has 0 bridgehead atoms. The van der Waals surface area contributed by atoms with E-state index >= 15 is 0 Å². The maximum Gasteiger partial charge on any atom is 0.191 e. The third-order valence-corrected chi connectivity index (χ3v) is 2.38. The second kappa shape index (κ2) is 3.65. The summed E-state index contributed by atoms with van der Waals surface area (Å²) >= 11 is 0. The highest BCUT2D eigenvalue weighted by atomic mass is 16.5. The number of rotatable bonds is 1. The maximum atomic E-state index is 5.42. The standard InChI is InChI=1S/C10H15NO/c1-3-7-11(8-4-1)10-6-2-5-9-12-10/h5-6,9H,1-4,7-8H2. The van der Waals surface area contributed by atoms with Crippen molar-refractivity contribution in [3.63, 3.8) is 0 Å². The van der Waals surface area contributed by atoms with E-state index in [4.69, 9.17) is 4.74 Å². The van der Waals surface area contributed by atoms with Gasteiger partial charge in [-0.2, -0.15) is 0 Å². The summed E-state index contributed by atoms with van der Waals surface area (Å²) in [6.45, 7) is 2.33. The van der Waals surface area contributed by atoms with Crippen molar-refractivity contribution in [2.24, 2.45) is 0 Å². The molecule has 2 aliphatic heterocycles. The van der Waals surface area contributed by atoms with Crippen molar-refractivity contribution in [1.82, 2.24) is 4.90 Å². The van der Waals surface area contributed by atoms with Crippen LogP contribution in [-0.2, 0) is 4.74 Å². The average Bonchev–Trinajstić information content (AvgIpc) is 2.21. The third-order valence-electron chi connectivity index (χ3n) is 2.38. The van der Waals surface area contributed by atoms with Crippen molar-refractivity contribution < 1.29 is 4.74 Å². The molecule has 0 saturated carbocycles. The van der Waals surface area contributed by atoms with Gasteiger partial charge in [-0.05, 0) is 37.8 Å². The lowest BCUT2D eigenvalue weighted by atomic mass is 10.1. The quantitative estimate of drug-likeness (QED) is 0.591. The van der Waals surface area contributed by atoms with Crippen molar-refractivity contribution in [1.29, 1.82) is 0 Å². The van der Waals surface area contributed by atoms with Gasteiger partial charge in [-0.25, -0.2) is 0 Å². The minimum absolute atomic E-state index is 1.02. The van der Waals surface area contributed by atoms with E-state index in [2.05, 4.69) is 11.0 Å². The monoisotopic (exact) mass is 165 g/mol. The number of hydrogen-bond donors (Lipinski definition) is 0. The van der Waals surface area contributed by atoms with Gasteiger partial charge in [0.2, 0.25) is 0 Å². The highest BCUT2D eigenvalue weighted by Crippen LogP contribution is 2.18. The van der Waals surface area contributed by atoms with E-state index in [1.807, 2.05) is 6.08 Å². The number of hydrogen-bond acceptors (Lipinski definition) is 2. The molecule has 1 saturated heterocycles. The molecule has 2 heterocycles. The van der Waals surface area contributed by atoms with E-state index in [9.17, 15) is 0 Å². The summed E-state index contributed by atoms with van der Waals surface area (Å²) in [6.07, 6.45) is 11.0. The molecule has 66 valence electrons. The lowest BCUT2D eigenvalue weighted by molar-refractivity contribution is 0.155. The van der Waals surface area contributed by atoms with Crippen LogP contribution in [-0.4, -0.2) is 18.0 Å². The third kappa shape index (κ3) is 1.63. The molecule has 0 amide bonds. The summed E-state index contributed by atoms with van der Waals surface area (Å²) in [4.78, 5) is 2.34. The number of ether oxygens (including phenoxy) is 1. The van der Waals surface area contributed by atoms with Gasteiger partial charge in [0.05, 0.1) is 6.26 Å². The Kier molecular flexibility index (Phi) is 2.35. The smallest absolute Gasteiger partial charge is 0.191 e. The Bertz CT molecular complexity index is 202. The Morgan fingerprint density at radius 2 is 2.00 bits per heavy atom. The SMILES string of the molecule is C1=COC(N2CCCCC2)=CC1. The largest absolute Gasteiger partial charge is 0.450 e. The first-order valence-electron chi connectivity index (χ1n) is 4.73. The van der Waals surface area contributed by atoms with E-state index in [1.165, 1.54) is 32.4 Å². The first-order valence-corrected chi connectivity index (χ1v) is 4.73. The van der Waals surface area contributed by atoms with Gasteiger partial charge >= 0.3 is 0 Å². The number of piperidine rings is 1. The summed E-state index contributed by atoms with van der Waals surface area (Å²) in [5, 5.41) is 0. The summed E-state index contributed by atoms with van der Waals surface area (Å²) in [7, 11) is 0. The second-order valence-electron chi connectivity index (χ2n) is 3.32. The van der Waals surface area contributed by atoms with Crippen LogP contribution in [0.1, 0.15) is 25.7 Å². The molecule has 2 rings (SSSR count). The molecule has 1 fully saturated rings. The van der Waals surface area contributed by atoms with Gasteiger partial charge in [0.25, 0.3) is 0 Å². The zero-order valence-corrected chi connectivity index (χ0v) is 7.33. The predicted octanol–water partition coefficient (Wildman–Crippen LogP) is 2.25. The zero-order chi connectivity index (χ0) is 8.23. The molecule has 0 aliphatic carbocycles. The van der Waals surface area contributed by atoms with Crippen LogP contribution in [0.5, 0.6) is 0 Å². The maximum absolute atomic E-state index is 5.42. The molecule has 2 heteroatoms. The molecule has 2 aliphatic rings. The summed E-state index contributed by atoms with van der Waals surface area (Å²) in [5.74, 6) is 1.07. The first-order chi connectivity index (χ1) is 5.97. The molecule has 0 atom stereocenters. The second-order valence-corrected chi connectivity index (χ2v) is 3.32. The van der Waals surface area contributed by atoms with Crippen molar-refractivity contribution >= 4 is 0 Å². The van der Waals surface area contributed by atoms with Gasteiger partial charge < -0.3 is 9.64 Å². The molecule has 0 aromatic rings. The number of allylic oxidation sites excluding steroid dienone is 2. The van der Waals surface area contributed by atoms with Crippen LogP contribution >= 0.6 is 0 Å².